The molecule has 0 fully saturated rings. The van der Waals surface area contributed by atoms with E-state index in [4.69, 9.17) is 32.7 Å². The lowest BCUT2D eigenvalue weighted by Crippen LogP contribution is -2.40. The average molecular weight is 461 g/mol. The summed E-state index contributed by atoms with van der Waals surface area (Å²) in [6.45, 7) is 8.39. The van der Waals surface area contributed by atoms with Crippen molar-refractivity contribution in [1.82, 2.24) is 9.88 Å². The molecule has 1 aliphatic rings. The summed E-state index contributed by atoms with van der Waals surface area (Å²) in [4.78, 5) is 6.07. The normalized spacial score (nSPS) is 17.1. The number of H-pyrrole nitrogens is 1. The van der Waals surface area contributed by atoms with E-state index >= 15 is 0 Å². The Hall–Kier alpha value is -1.72. The number of ether oxygens (including phenoxy) is 2. The first-order chi connectivity index (χ1) is 14.9. The third kappa shape index (κ3) is 5.20. The highest BCUT2D eigenvalue weighted by molar-refractivity contribution is 6.31. The first-order valence-corrected chi connectivity index (χ1v) is 11.7. The second-order valence-corrected chi connectivity index (χ2v) is 9.83. The number of hydrogen-bond acceptors (Lipinski definition) is 3. The van der Waals surface area contributed by atoms with E-state index in [-0.39, 0.29) is 11.6 Å². The van der Waals surface area contributed by atoms with E-state index in [1.165, 1.54) is 22.2 Å². The fourth-order valence-electron chi connectivity index (χ4n) is 4.09. The predicted molar refractivity (Wildman–Crippen MR) is 129 cm³/mol. The van der Waals surface area contributed by atoms with Gasteiger partial charge >= 0.3 is 0 Å². The Labute approximate surface area is 194 Å². The molecule has 166 valence electrons. The van der Waals surface area contributed by atoms with Crippen LogP contribution in [0.2, 0.25) is 5.02 Å². The molecule has 31 heavy (non-hydrogen) atoms. The van der Waals surface area contributed by atoms with Crippen LogP contribution in [0, 0.1) is 0 Å². The van der Waals surface area contributed by atoms with Crippen LogP contribution in [0.4, 0.5) is 0 Å². The minimum absolute atomic E-state index is 0.0779. The van der Waals surface area contributed by atoms with Crippen molar-refractivity contribution >= 4 is 34.1 Å². The standard InChI is InChI=1S/C25H30Cl2N2O2/c1-25(2,3)31-16-29-13-11-20-21-15-18(27)7-10-22(21)28-23(20)24(29)17-5-8-19(9-6-17)30-14-4-12-26/h5-10,15,24,28H,4,11-14,16H2,1-3H3/t24-/m0/s1. The molecule has 1 N–H and O–H groups in total. The maximum absolute atomic E-state index is 6.30. The van der Waals surface area contributed by atoms with Gasteiger partial charge in [0, 0.05) is 34.0 Å². The zero-order valence-electron chi connectivity index (χ0n) is 18.4. The van der Waals surface area contributed by atoms with Gasteiger partial charge in [0.05, 0.1) is 18.2 Å². The van der Waals surface area contributed by atoms with Gasteiger partial charge < -0.3 is 14.5 Å². The molecule has 0 bridgehead atoms. The summed E-state index contributed by atoms with van der Waals surface area (Å²) < 4.78 is 12.0. The number of rotatable bonds is 7. The number of benzene rings is 2. The van der Waals surface area contributed by atoms with Gasteiger partial charge in [-0.2, -0.15) is 0 Å². The van der Waals surface area contributed by atoms with Crippen molar-refractivity contribution in [3.05, 3.63) is 64.3 Å². The third-order valence-electron chi connectivity index (χ3n) is 5.59. The molecule has 0 radical (unpaired) electrons. The molecule has 0 aliphatic carbocycles. The maximum Gasteiger partial charge on any atom is 0.119 e. The van der Waals surface area contributed by atoms with Crippen LogP contribution < -0.4 is 4.74 Å². The first-order valence-electron chi connectivity index (χ1n) is 10.8. The van der Waals surface area contributed by atoms with Crippen molar-refractivity contribution in [2.45, 2.75) is 45.3 Å². The Kier molecular flexibility index (Phi) is 6.83. The van der Waals surface area contributed by atoms with Gasteiger partial charge in [-0.15, -0.1) is 11.6 Å². The molecule has 0 saturated heterocycles. The van der Waals surface area contributed by atoms with E-state index in [2.05, 4.69) is 54.9 Å². The smallest absolute Gasteiger partial charge is 0.119 e. The van der Waals surface area contributed by atoms with Gasteiger partial charge in [0.15, 0.2) is 0 Å². The lowest BCUT2D eigenvalue weighted by atomic mass is 9.92. The summed E-state index contributed by atoms with van der Waals surface area (Å²) in [5.74, 6) is 1.47. The third-order valence-corrected chi connectivity index (χ3v) is 6.10. The molecule has 6 heteroatoms. The van der Waals surface area contributed by atoms with E-state index in [1.54, 1.807) is 0 Å². The SMILES string of the molecule is CC(C)(C)OCN1CCc2c([nH]c3ccc(Cl)cc23)[C@@H]1c1ccc(OCCCCl)cc1. The van der Waals surface area contributed by atoms with E-state index in [0.717, 1.165) is 35.7 Å². The number of nitrogens with zero attached hydrogens (tertiary/aromatic N) is 1. The number of hydrogen-bond donors (Lipinski definition) is 1. The van der Waals surface area contributed by atoms with Crippen LogP contribution in [0.3, 0.4) is 0 Å². The minimum Gasteiger partial charge on any atom is -0.494 e. The number of halogens is 2. The first kappa shape index (κ1) is 22.5. The zero-order valence-corrected chi connectivity index (χ0v) is 19.9. The highest BCUT2D eigenvalue weighted by Crippen LogP contribution is 2.39. The van der Waals surface area contributed by atoms with Crippen LogP contribution in [0.5, 0.6) is 5.75 Å². The molecule has 3 aromatic rings. The van der Waals surface area contributed by atoms with Crippen molar-refractivity contribution in [3.8, 4) is 5.75 Å². The second-order valence-electron chi connectivity index (χ2n) is 9.02. The summed E-state index contributed by atoms with van der Waals surface area (Å²) in [6.07, 6.45) is 1.80. The summed E-state index contributed by atoms with van der Waals surface area (Å²) in [5, 5.41) is 1.98. The monoisotopic (exact) mass is 460 g/mol. The van der Waals surface area contributed by atoms with Gasteiger partial charge in [-0.3, -0.25) is 4.90 Å². The molecule has 1 aromatic heterocycles. The van der Waals surface area contributed by atoms with Crippen molar-refractivity contribution in [2.75, 3.05) is 25.8 Å². The fourth-order valence-corrected chi connectivity index (χ4v) is 4.38. The number of aromatic amines is 1. The number of nitrogens with one attached hydrogen (secondary N) is 1. The van der Waals surface area contributed by atoms with E-state index in [0.29, 0.717) is 19.2 Å². The number of aromatic nitrogens is 1. The van der Waals surface area contributed by atoms with Gasteiger partial charge in [0.1, 0.15) is 12.5 Å². The molecule has 4 rings (SSSR count). The summed E-state index contributed by atoms with van der Waals surface area (Å²) in [7, 11) is 0. The highest BCUT2D eigenvalue weighted by Gasteiger charge is 2.32. The second kappa shape index (κ2) is 9.41. The molecule has 0 amide bonds. The molecule has 4 nitrogen and oxygen atoms in total. The van der Waals surface area contributed by atoms with Crippen molar-refractivity contribution < 1.29 is 9.47 Å². The minimum atomic E-state index is -0.196. The Morgan fingerprint density at radius 2 is 1.90 bits per heavy atom. The summed E-state index contributed by atoms with van der Waals surface area (Å²) in [5.41, 5.74) is 4.70. The van der Waals surface area contributed by atoms with Gasteiger partial charge in [-0.1, -0.05) is 23.7 Å². The predicted octanol–water partition coefficient (Wildman–Crippen LogP) is 6.55. The van der Waals surface area contributed by atoms with Gasteiger partial charge in [-0.05, 0) is 75.1 Å². The maximum atomic E-state index is 6.30. The topological polar surface area (TPSA) is 37.5 Å². The van der Waals surface area contributed by atoms with Gasteiger partial charge in [0.2, 0.25) is 0 Å². The summed E-state index contributed by atoms with van der Waals surface area (Å²) in [6, 6.07) is 14.5. The Morgan fingerprint density at radius 3 is 2.61 bits per heavy atom. The molecule has 1 aliphatic heterocycles. The molecule has 1 atom stereocenters. The van der Waals surface area contributed by atoms with E-state index in [1.807, 2.05) is 18.2 Å². The lowest BCUT2D eigenvalue weighted by Gasteiger charge is -2.37. The van der Waals surface area contributed by atoms with Crippen molar-refractivity contribution in [3.63, 3.8) is 0 Å². The lowest BCUT2D eigenvalue weighted by molar-refractivity contribution is -0.0742. The largest absolute Gasteiger partial charge is 0.494 e. The molecule has 0 spiro atoms. The van der Waals surface area contributed by atoms with Crippen LogP contribution in [-0.4, -0.2) is 41.2 Å². The van der Waals surface area contributed by atoms with Crippen LogP contribution in [0.1, 0.15) is 50.1 Å². The number of fused-ring (bicyclic) bond motifs is 3. The van der Waals surface area contributed by atoms with E-state index < -0.39 is 0 Å². The Bertz CT molecular complexity index is 1020. The Morgan fingerprint density at radius 1 is 1.13 bits per heavy atom. The zero-order chi connectivity index (χ0) is 22.0. The summed E-state index contributed by atoms with van der Waals surface area (Å²) >= 11 is 12.1. The number of alkyl halides is 1. The molecule has 2 heterocycles. The van der Waals surface area contributed by atoms with Crippen molar-refractivity contribution in [2.24, 2.45) is 0 Å². The van der Waals surface area contributed by atoms with Crippen molar-refractivity contribution in [1.29, 1.82) is 0 Å². The average Bonchev–Trinajstić information content (AvgIpc) is 3.10. The molecular weight excluding hydrogens is 431 g/mol. The fraction of sp³-hybridized carbons (Fsp3) is 0.440. The van der Waals surface area contributed by atoms with E-state index in [9.17, 15) is 0 Å². The quantitative estimate of drug-likeness (QED) is 0.320. The van der Waals surface area contributed by atoms with Crippen LogP contribution in [0.25, 0.3) is 10.9 Å². The molecular formula is C25H30Cl2N2O2. The molecule has 0 saturated carbocycles. The van der Waals surface area contributed by atoms with Crippen LogP contribution in [-0.2, 0) is 11.2 Å². The van der Waals surface area contributed by atoms with Gasteiger partial charge in [-0.25, -0.2) is 0 Å². The molecule has 2 aromatic carbocycles. The van der Waals surface area contributed by atoms with Crippen LogP contribution in [0.15, 0.2) is 42.5 Å². The van der Waals surface area contributed by atoms with Crippen LogP contribution >= 0.6 is 23.2 Å². The Balaban J connectivity index is 1.69. The highest BCUT2D eigenvalue weighted by atomic mass is 35.5. The van der Waals surface area contributed by atoms with Gasteiger partial charge in [0.25, 0.3) is 0 Å². The molecule has 0 unspecified atom stereocenters.